The number of halogens is 1. The topological polar surface area (TPSA) is 79.7 Å². The molecule has 19 heavy (non-hydrogen) atoms. The molecule has 1 aromatic carbocycles. The van der Waals surface area contributed by atoms with E-state index in [-0.39, 0.29) is 0 Å². The third-order valence-corrected chi connectivity index (χ3v) is 3.55. The number of nitriles is 1. The molecule has 3 rings (SSSR count). The molecule has 0 atom stereocenters. The van der Waals surface area contributed by atoms with E-state index in [1.165, 1.54) is 0 Å². The number of nitrogen functional groups attached to an aromatic ring is 1. The SMILES string of the molecule is N#Cc1c(NC2CC2)nn(-c2ccc(Br)cc2)c1N. The third kappa shape index (κ3) is 2.29. The van der Waals surface area contributed by atoms with Crippen molar-refractivity contribution in [3.05, 3.63) is 34.3 Å². The van der Waals surface area contributed by atoms with Crippen LogP contribution in [-0.2, 0) is 0 Å². The van der Waals surface area contributed by atoms with Gasteiger partial charge in [0.05, 0.1) is 5.69 Å². The fourth-order valence-corrected chi connectivity index (χ4v) is 2.11. The van der Waals surface area contributed by atoms with Crippen molar-refractivity contribution in [2.45, 2.75) is 18.9 Å². The molecular weight excluding hydrogens is 306 g/mol. The zero-order valence-electron chi connectivity index (χ0n) is 10.1. The van der Waals surface area contributed by atoms with Crippen molar-refractivity contribution in [1.29, 1.82) is 5.26 Å². The first-order chi connectivity index (χ1) is 9.19. The van der Waals surface area contributed by atoms with Crippen molar-refractivity contribution in [1.82, 2.24) is 9.78 Å². The molecule has 0 bridgehead atoms. The minimum Gasteiger partial charge on any atom is -0.382 e. The molecule has 0 saturated heterocycles. The summed E-state index contributed by atoms with van der Waals surface area (Å²) in [6.45, 7) is 0. The average Bonchev–Trinajstić information content (AvgIpc) is 3.15. The van der Waals surface area contributed by atoms with E-state index < -0.39 is 0 Å². The second-order valence-corrected chi connectivity index (χ2v) is 5.44. The molecule has 2 aromatic rings. The maximum atomic E-state index is 9.21. The molecule has 1 saturated carbocycles. The highest BCUT2D eigenvalue weighted by atomic mass is 79.9. The van der Waals surface area contributed by atoms with Crippen molar-refractivity contribution >= 4 is 27.6 Å². The number of nitrogens with zero attached hydrogens (tertiary/aromatic N) is 3. The van der Waals surface area contributed by atoms with Crippen LogP contribution in [-0.4, -0.2) is 15.8 Å². The molecule has 0 unspecified atom stereocenters. The number of hydrogen-bond acceptors (Lipinski definition) is 4. The largest absolute Gasteiger partial charge is 0.382 e. The predicted molar refractivity (Wildman–Crippen MR) is 77.0 cm³/mol. The summed E-state index contributed by atoms with van der Waals surface area (Å²) in [7, 11) is 0. The lowest BCUT2D eigenvalue weighted by atomic mass is 10.3. The fourth-order valence-electron chi connectivity index (χ4n) is 1.84. The number of anilines is 2. The van der Waals surface area contributed by atoms with Crippen LogP contribution in [0.2, 0.25) is 0 Å². The smallest absolute Gasteiger partial charge is 0.168 e. The Labute approximate surface area is 119 Å². The van der Waals surface area contributed by atoms with E-state index in [1.807, 2.05) is 24.3 Å². The van der Waals surface area contributed by atoms with E-state index in [9.17, 15) is 5.26 Å². The van der Waals surface area contributed by atoms with Gasteiger partial charge in [0.1, 0.15) is 17.5 Å². The Morgan fingerprint density at radius 2 is 2.05 bits per heavy atom. The van der Waals surface area contributed by atoms with Gasteiger partial charge in [0, 0.05) is 10.5 Å². The van der Waals surface area contributed by atoms with Crippen LogP contribution in [0.5, 0.6) is 0 Å². The van der Waals surface area contributed by atoms with Crippen molar-refractivity contribution in [3.8, 4) is 11.8 Å². The Kier molecular flexibility index (Phi) is 2.91. The van der Waals surface area contributed by atoms with Crippen LogP contribution >= 0.6 is 15.9 Å². The molecule has 1 heterocycles. The quantitative estimate of drug-likeness (QED) is 0.912. The highest BCUT2D eigenvalue weighted by Gasteiger charge is 2.25. The van der Waals surface area contributed by atoms with Gasteiger partial charge in [0.2, 0.25) is 0 Å². The van der Waals surface area contributed by atoms with E-state index in [1.54, 1.807) is 4.68 Å². The zero-order valence-corrected chi connectivity index (χ0v) is 11.7. The zero-order chi connectivity index (χ0) is 13.4. The Bertz CT molecular complexity index is 649. The van der Waals surface area contributed by atoms with Crippen LogP contribution in [0, 0.1) is 11.3 Å². The predicted octanol–water partition coefficient (Wildman–Crippen LogP) is 2.66. The second-order valence-electron chi connectivity index (χ2n) is 4.53. The minimum absolute atomic E-state index is 0.368. The lowest BCUT2D eigenvalue weighted by Gasteiger charge is -2.03. The summed E-state index contributed by atoms with van der Waals surface area (Å²) in [6, 6.07) is 10.2. The minimum atomic E-state index is 0.368. The van der Waals surface area contributed by atoms with Gasteiger partial charge in [-0.25, -0.2) is 4.68 Å². The molecule has 6 heteroatoms. The molecule has 1 aliphatic carbocycles. The molecule has 0 spiro atoms. The van der Waals surface area contributed by atoms with Crippen LogP contribution < -0.4 is 11.1 Å². The molecule has 0 radical (unpaired) electrons. The summed E-state index contributed by atoms with van der Waals surface area (Å²) >= 11 is 3.39. The first-order valence-electron chi connectivity index (χ1n) is 6.00. The molecule has 96 valence electrons. The summed E-state index contributed by atoms with van der Waals surface area (Å²) in [5, 5.41) is 16.8. The molecule has 1 fully saturated rings. The first kappa shape index (κ1) is 12.1. The van der Waals surface area contributed by atoms with E-state index in [4.69, 9.17) is 5.73 Å². The number of aromatic nitrogens is 2. The van der Waals surface area contributed by atoms with Crippen LogP contribution in [0.25, 0.3) is 5.69 Å². The van der Waals surface area contributed by atoms with Gasteiger partial charge < -0.3 is 11.1 Å². The molecule has 0 aliphatic heterocycles. The van der Waals surface area contributed by atoms with Gasteiger partial charge in [-0.15, -0.1) is 5.10 Å². The van der Waals surface area contributed by atoms with E-state index in [2.05, 4.69) is 32.4 Å². The van der Waals surface area contributed by atoms with Crippen LogP contribution in [0.3, 0.4) is 0 Å². The molecular formula is C13H12BrN5. The highest BCUT2D eigenvalue weighted by molar-refractivity contribution is 9.10. The number of hydrogen-bond donors (Lipinski definition) is 2. The molecule has 5 nitrogen and oxygen atoms in total. The Morgan fingerprint density at radius 3 is 2.63 bits per heavy atom. The average molecular weight is 318 g/mol. The summed E-state index contributed by atoms with van der Waals surface area (Å²) in [5.74, 6) is 0.943. The summed E-state index contributed by atoms with van der Waals surface area (Å²) < 4.78 is 2.58. The Balaban J connectivity index is 2.03. The van der Waals surface area contributed by atoms with Crippen LogP contribution in [0.1, 0.15) is 18.4 Å². The Hall–Kier alpha value is -2.00. The normalized spacial score (nSPS) is 14.1. The van der Waals surface area contributed by atoms with Crippen LogP contribution in [0.4, 0.5) is 11.6 Å². The van der Waals surface area contributed by atoms with Gasteiger partial charge in [0.15, 0.2) is 5.82 Å². The van der Waals surface area contributed by atoms with E-state index in [0.717, 1.165) is 23.0 Å². The molecule has 1 aromatic heterocycles. The molecule has 0 amide bonds. The van der Waals surface area contributed by atoms with Gasteiger partial charge in [-0.3, -0.25) is 0 Å². The monoisotopic (exact) mass is 317 g/mol. The summed E-state index contributed by atoms with van der Waals surface area (Å²) in [4.78, 5) is 0. The number of nitrogens with one attached hydrogen (secondary N) is 1. The lowest BCUT2D eigenvalue weighted by Crippen LogP contribution is -2.04. The van der Waals surface area contributed by atoms with Crippen molar-refractivity contribution in [2.75, 3.05) is 11.1 Å². The van der Waals surface area contributed by atoms with Gasteiger partial charge in [0.25, 0.3) is 0 Å². The van der Waals surface area contributed by atoms with Crippen molar-refractivity contribution in [3.63, 3.8) is 0 Å². The Morgan fingerprint density at radius 1 is 1.37 bits per heavy atom. The number of benzene rings is 1. The molecule has 3 N–H and O–H groups in total. The number of rotatable bonds is 3. The third-order valence-electron chi connectivity index (χ3n) is 3.02. The van der Waals surface area contributed by atoms with Crippen LogP contribution in [0.15, 0.2) is 28.7 Å². The first-order valence-corrected chi connectivity index (χ1v) is 6.79. The van der Waals surface area contributed by atoms with Gasteiger partial charge in [-0.05, 0) is 37.1 Å². The standard InChI is InChI=1S/C13H12BrN5/c14-8-1-5-10(6-2-8)19-12(16)11(7-15)13(18-19)17-9-3-4-9/h1-2,5-6,9H,3-4,16H2,(H,17,18). The maximum absolute atomic E-state index is 9.21. The second kappa shape index (κ2) is 4.59. The van der Waals surface area contributed by atoms with Crippen molar-refractivity contribution < 1.29 is 0 Å². The van der Waals surface area contributed by atoms with E-state index >= 15 is 0 Å². The van der Waals surface area contributed by atoms with Gasteiger partial charge >= 0.3 is 0 Å². The van der Waals surface area contributed by atoms with Gasteiger partial charge in [-0.2, -0.15) is 5.26 Å². The number of nitrogens with two attached hydrogens (primary N) is 1. The van der Waals surface area contributed by atoms with Crippen molar-refractivity contribution in [2.24, 2.45) is 0 Å². The summed E-state index contributed by atoms with van der Waals surface area (Å²) in [6.07, 6.45) is 2.24. The molecule has 1 aliphatic rings. The summed E-state index contributed by atoms with van der Waals surface area (Å²) in [5.41, 5.74) is 7.25. The highest BCUT2D eigenvalue weighted by Crippen LogP contribution is 2.29. The van der Waals surface area contributed by atoms with Gasteiger partial charge in [-0.1, -0.05) is 15.9 Å². The van der Waals surface area contributed by atoms with E-state index in [0.29, 0.717) is 23.2 Å². The fraction of sp³-hybridized carbons (Fsp3) is 0.231. The maximum Gasteiger partial charge on any atom is 0.168 e. The lowest BCUT2D eigenvalue weighted by molar-refractivity contribution is 0.887.